The molecule has 6 nitrogen and oxygen atoms in total. The second kappa shape index (κ2) is 10.9. The molecule has 0 aromatic heterocycles. The number of piperidine rings is 1. The van der Waals surface area contributed by atoms with E-state index in [2.05, 4.69) is 19.2 Å². The molecule has 4 rings (SSSR count). The van der Waals surface area contributed by atoms with E-state index in [0.717, 1.165) is 17.7 Å². The smallest absolute Gasteiger partial charge is 0.416 e. The number of amides is 2. The van der Waals surface area contributed by atoms with Gasteiger partial charge in [-0.3, -0.25) is 14.4 Å². The van der Waals surface area contributed by atoms with Crippen LogP contribution in [-0.2, 0) is 38.4 Å². The van der Waals surface area contributed by atoms with Crippen LogP contribution in [-0.4, -0.2) is 29.8 Å². The third kappa shape index (κ3) is 6.18. The topological polar surface area (TPSA) is 75.7 Å². The number of likely N-dealkylation sites (tertiary alicyclic amines) is 1. The first-order valence-electron chi connectivity index (χ1n) is 12.9. The number of hydrogen-bond acceptors (Lipinski definition) is 4. The average Bonchev–Trinajstić information content (AvgIpc) is 2.89. The fourth-order valence-electron chi connectivity index (χ4n) is 5.84. The molecule has 1 aliphatic carbocycles. The number of methoxy groups -OCH3 is 1. The third-order valence-corrected chi connectivity index (χ3v) is 7.55. The quantitative estimate of drug-likeness (QED) is 0.461. The Morgan fingerprint density at radius 3 is 2.44 bits per heavy atom. The lowest BCUT2D eigenvalue weighted by molar-refractivity contribution is -0.162. The molecule has 1 fully saturated rings. The van der Waals surface area contributed by atoms with Crippen molar-refractivity contribution in [3.63, 3.8) is 0 Å². The average molecular weight is 543 g/mol. The van der Waals surface area contributed by atoms with E-state index < -0.39 is 34.9 Å². The Hall–Kier alpha value is -3.62. The van der Waals surface area contributed by atoms with E-state index in [0.29, 0.717) is 24.1 Å². The van der Waals surface area contributed by atoms with Gasteiger partial charge in [-0.25, -0.2) is 0 Å². The van der Waals surface area contributed by atoms with E-state index >= 15 is 0 Å². The Kier molecular flexibility index (Phi) is 7.91. The minimum absolute atomic E-state index is 0.113. The highest BCUT2D eigenvalue weighted by molar-refractivity contribution is 5.92. The first-order chi connectivity index (χ1) is 18.3. The number of nitrogens with zero attached hydrogens (tertiary/aromatic N) is 1. The molecule has 0 spiro atoms. The summed E-state index contributed by atoms with van der Waals surface area (Å²) in [6.07, 6.45) is -1.48. The van der Waals surface area contributed by atoms with Gasteiger partial charge in [-0.2, -0.15) is 13.2 Å². The molecule has 2 atom stereocenters. The molecule has 2 aliphatic rings. The molecule has 0 saturated carbocycles. The standard InChI is InChI=1S/C30H33F3N2O4/c1-28(2)13-12-24-29(19-28,27(38)39-3)16-22(26(37)35(24)18-20-8-5-4-6-9-20)15-25(36)34-17-21-10-7-11-23(14-21)30(31,32)33/h4-12,14,22H,13,15-19H2,1-3H3,(H,34,36)/t22-,29+/m0/s1. The molecule has 0 radical (unpaired) electrons. The van der Waals surface area contributed by atoms with Gasteiger partial charge in [-0.15, -0.1) is 0 Å². The van der Waals surface area contributed by atoms with Crippen LogP contribution >= 0.6 is 0 Å². The van der Waals surface area contributed by atoms with Crippen LogP contribution in [0.4, 0.5) is 13.2 Å². The van der Waals surface area contributed by atoms with Gasteiger partial charge in [-0.05, 0) is 47.9 Å². The van der Waals surface area contributed by atoms with Crippen LogP contribution in [0.2, 0.25) is 0 Å². The largest absolute Gasteiger partial charge is 0.468 e. The lowest BCUT2D eigenvalue weighted by Gasteiger charge is -2.51. The highest BCUT2D eigenvalue weighted by Crippen LogP contribution is 2.55. The van der Waals surface area contributed by atoms with Gasteiger partial charge in [0.15, 0.2) is 0 Å². The van der Waals surface area contributed by atoms with Crippen LogP contribution in [0.5, 0.6) is 0 Å². The molecule has 1 aliphatic heterocycles. The van der Waals surface area contributed by atoms with Crippen LogP contribution < -0.4 is 5.32 Å². The fraction of sp³-hybridized carbons (Fsp3) is 0.433. The van der Waals surface area contributed by atoms with Gasteiger partial charge < -0.3 is 15.0 Å². The first-order valence-corrected chi connectivity index (χ1v) is 12.9. The summed E-state index contributed by atoms with van der Waals surface area (Å²) >= 11 is 0. The Bertz CT molecular complexity index is 1270. The zero-order valence-electron chi connectivity index (χ0n) is 22.3. The molecule has 1 heterocycles. The Labute approximate surface area is 226 Å². The van der Waals surface area contributed by atoms with Crippen molar-refractivity contribution < 1.29 is 32.3 Å². The van der Waals surface area contributed by atoms with Crippen molar-refractivity contribution in [1.82, 2.24) is 10.2 Å². The van der Waals surface area contributed by atoms with Crippen molar-refractivity contribution in [2.75, 3.05) is 7.11 Å². The van der Waals surface area contributed by atoms with E-state index in [-0.39, 0.29) is 37.3 Å². The van der Waals surface area contributed by atoms with Gasteiger partial charge in [0, 0.05) is 24.6 Å². The lowest BCUT2D eigenvalue weighted by Crippen LogP contribution is -2.55. The Morgan fingerprint density at radius 2 is 1.77 bits per heavy atom. The van der Waals surface area contributed by atoms with Crippen molar-refractivity contribution in [1.29, 1.82) is 0 Å². The molecule has 208 valence electrons. The number of esters is 1. The third-order valence-electron chi connectivity index (χ3n) is 7.55. The molecular formula is C30H33F3N2O4. The van der Waals surface area contributed by atoms with Crippen LogP contribution in [0, 0.1) is 16.7 Å². The molecule has 1 N–H and O–H groups in total. The highest BCUT2D eigenvalue weighted by atomic mass is 19.4. The number of carbonyl (C=O) groups excluding carboxylic acids is 3. The summed E-state index contributed by atoms with van der Waals surface area (Å²) in [7, 11) is 1.32. The van der Waals surface area contributed by atoms with Crippen LogP contribution in [0.25, 0.3) is 0 Å². The SMILES string of the molecule is COC(=O)[C@@]12C[C@H](CC(=O)NCc3cccc(C(F)(F)F)c3)C(=O)N(Cc3ccccc3)C1=CCC(C)(C)C2. The number of rotatable bonds is 7. The van der Waals surface area contributed by atoms with Crippen molar-refractivity contribution in [2.24, 2.45) is 16.7 Å². The zero-order valence-corrected chi connectivity index (χ0v) is 22.3. The molecule has 0 bridgehead atoms. The summed E-state index contributed by atoms with van der Waals surface area (Å²) in [5.41, 5.74) is -0.331. The molecule has 2 aromatic carbocycles. The molecule has 1 saturated heterocycles. The maximum Gasteiger partial charge on any atom is 0.416 e. The summed E-state index contributed by atoms with van der Waals surface area (Å²) in [5.74, 6) is -1.99. The van der Waals surface area contributed by atoms with Gasteiger partial charge in [-0.1, -0.05) is 62.4 Å². The van der Waals surface area contributed by atoms with Crippen molar-refractivity contribution in [2.45, 2.75) is 58.8 Å². The van der Waals surface area contributed by atoms with Crippen molar-refractivity contribution in [3.8, 4) is 0 Å². The minimum atomic E-state index is -4.49. The van der Waals surface area contributed by atoms with Crippen LogP contribution in [0.1, 0.15) is 56.2 Å². The molecule has 2 aromatic rings. The summed E-state index contributed by atoms with van der Waals surface area (Å²) in [4.78, 5) is 41.7. The van der Waals surface area contributed by atoms with Crippen LogP contribution in [0.15, 0.2) is 66.4 Å². The van der Waals surface area contributed by atoms with Crippen LogP contribution in [0.3, 0.4) is 0 Å². The number of carbonyl (C=O) groups is 3. The van der Waals surface area contributed by atoms with Gasteiger partial charge in [0.2, 0.25) is 11.8 Å². The molecule has 2 amide bonds. The van der Waals surface area contributed by atoms with Gasteiger partial charge >= 0.3 is 12.1 Å². The number of allylic oxidation sites excluding steroid dienone is 1. The maximum atomic E-state index is 13.8. The highest BCUT2D eigenvalue weighted by Gasteiger charge is 2.57. The number of fused-ring (bicyclic) bond motifs is 1. The normalized spacial score (nSPS) is 22.5. The number of ether oxygens (including phenoxy) is 1. The van der Waals surface area contributed by atoms with E-state index in [9.17, 15) is 27.6 Å². The first kappa shape index (κ1) is 28.4. The number of nitrogens with one attached hydrogen (secondary N) is 1. The second-order valence-electron chi connectivity index (χ2n) is 11.2. The number of alkyl halides is 3. The molecule has 0 unspecified atom stereocenters. The minimum Gasteiger partial charge on any atom is -0.468 e. The van der Waals surface area contributed by atoms with E-state index in [1.807, 2.05) is 36.4 Å². The summed E-state index contributed by atoms with van der Waals surface area (Å²) in [6.45, 7) is 4.24. The molecule has 9 heteroatoms. The van der Waals surface area contributed by atoms with Crippen molar-refractivity contribution >= 4 is 17.8 Å². The number of halogens is 3. The Balaban J connectivity index is 1.59. The number of benzene rings is 2. The van der Waals surface area contributed by atoms with Gasteiger partial charge in [0.05, 0.1) is 19.2 Å². The fourth-order valence-corrected chi connectivity index (χ4v) is 5.84. The zero-order chi connectivity index (χ0) is 28.4. The van der Waals surface area contributed by atoms with E-state index in [1.165, 1.54) is 19.2 Å². The van der Waals surface area contributed by atoms with Gasteiger partial charge in [0.1, 0.15) is 5.41 Å². The van der Waals surface area contributed by atoms with E-state index in [4.69, 9.17) is 4.74 Å². The number of hydrogen-bond donors (Lipinski definition) is 1. The second-order valence-corrected chi connectivity index (χ2v) is 11.2. The summed E-state index contributed by atoms with van der Waals surface area (Å²) < 4.78 is 44.4. The predicted octanol–water partition coefficient (Wildman–Crippen LogP) is 5.62. The molecular weight excluding hydrogens is 509 g/mol. The maximum absolute atomic E-state index is 13.8. The summed E-state index contributed by atoms with van der Waals surface area (Å²) in [6, 6.07) is 14.1. The lowest BCUT2D eigenvalue weighted by atomic mass is 9.59. The predicted molar refractivity (Wildman–Crippen MR) is 139 cm³/mol. The molecule has 39 heavy (non-hydrogen) atoms. The Morgan fingerprint density at radius 1 is 1.08 bits per heavy atom. The summed E-state index contributed by atoms with van der Waals surface area (Å²) in [5, 5.41) is 2.65. The van der Waals surface area contributed by atoms with E-state index in [1.54, 1.807) is 4.90 Å². The van der Waals surface area contributed by atoms with Crippen molar-refractivity contribution in [3.05, 3.63) is 83.1 Å². The van der Waals surface area contributed by atoms with Gasteiger partial charge in [0.25, 0.3) is 0 Å². The monoisotopic (exact) mass is 542 g/mol.